The summed E-state index contributed by atoms with van der Waals surface area (Å²) in [5, 5.41) is 7.99. The number of ketones is 1. The highest BCUT2D eigenvalue weighted by Gasteiger charge is 2.50. The summed E-state index contributed by atoms with van der Waals surface area (Å²) < 4.78 is 10.6. The van der Waals surface area contributed by atoms with Gasteiger partial charge >= 0.3 is 6.09 Å². The number of pyridine rings is 1. The summed E-state index contributed by atoms with van der Waals surface area (Å²) in [5.41, 5.74) is -0.234. The molecule has 1 aromatic heterocycles. The highest BCUT2D eigenvalue weighted by molar-refractivity contribution is 5.98. The fourth-order valence-electron chi connectivity index (χ4n) is 3.73. The first-order chi connectivity index (χ1) is 17.9. The number of hydrogen-bond acceptors (Lipinski definition) is 7. The molecule has 1 aliphatic heterocycles. The Bertz CT molecular complexity index is 1130. The quantitative estimate of drug-likeness (QED) is 0.383. The van der Waals surface area contributed by atoms with Gasteiger partial charge in [-0.3, -0.25) is 19.4 Å². The number of ether oxygens (including phenoxy) is 2. The number of carbonyl (C=O) groups excluding carboxylic acids is 4. The summed E-state index contributed by atoms with van der Waals surface area (Å²) in [6.45, 7) is 8.61. The number of alkyl carbamates (subject to hydrolysis) is 1. The van der Waals surface area contributed by atoms with E-state index in [2.05, 4.69) is 20.9 Å². The van der Waals surface area contributed by atoms with Crippen LogP contribution in [0.25, 0.3) is 0 Å². The summed E-state index contributed by atoms with van der Waals surface area (Å²) in [6, 6.07) is 11.7. The zero-order valence-corrected chi connectivity index (χ0v) is 22.4. The van der Waals surface area contributed by atoms with Crippen molar-refractivity contribution in [2.75, 3.05) is 6.61 Å². The van der Waals surface area contributed by atoms with Gasteiger partial charge in [0.25, 0.3) is 0 Å². The van der Waals surface area contributed by atoms with E-state index in [4.69, 9.17) is 9.47 Å². The van der Waals surface area contributed by atoms with Crippen LogP contribution in [0, 0.1) is 0 Å². The van der Waals surface area contributed by atoms with Crippen LogP contribution in [0.2, 0.25) is 0 Å². The zero-order chi connectivity index (χ0) is 27.9. The number of benzene rings is 1. The molecule has 10 nitrogen and oxygen atoms in total. The molecular weight excluding hydrogens is 488 g/mol. The van der Waals surface area contributed by atoms with Crippen LogP contribution in [-0.2, 0) is 36.7 Å². The Kier molecular flexibility index (Phi) is 9.22. The van der Waals surface area contributed by atoms with Crippen LogP contribution in [-0.4, -0.2) is 64.6 Å². The first kappa shape index (κ1) is 28.8. The van der Waals surface area contributed by atoms with E-state index in [1.165, 1.54) is 6.92 Å². The minimum absolute atomic E-state index is 0.0809. The summed E-state index contributed by atoms with van der Waals surface area (Å²) in [4.78, 5) is 56.1. The smallest absolute Gasteiger partial charge is 0.408 e. The second-order valence-corrected chi connectivity index (χ2v) is 10.6. The second kappa shape index (κ2) is 12.2. The number of rotatable bonds is 11. The number of aromatic nitrogens is 1. The molecular formula is C28H36N4O6. The molecule has 4 atom stereocenters. The van der Waals surface area contributed by atoms with Gasteiger partial charge in [0.2, 0.25) is 11.8 Å². The molecule has 38 heavy (non-hydrogen) atoms. The van der Waals surface area contributed by atoms with Crippen molar-refractivity contribution in [3.8, 4) is 0 Å². The number of carbonyl (C=O) groups is 4. The first-order valence-electron chi connectivity index (χ1n) is 12.6. The van der Waals surface area contributed by atoms with Crippen LogP contribution >= 0.6 is 0 Å². The highest BCUT2D eigenvalue weighted by atomic mass is 16.6. The van der Waals surface area contributed by atoms with Gasteiger partial charge in [-0.25, -0.2) is 4.79 Å². The molecule has 1 aromatic carbocycles. The molecule has 204 valence electrons. The Labute approximate surface area is 222 Å². The van der Waals surface area contributed by atoms with Crippen molar-refractivity contribution >= 4 is 23.7 Å². The fraction of sp³-hybridized carbons (Fsp3) is 0.464. The Morgan fingerprint density at radius 1 is 0.947 bits per heavy atom. The van der Waals surface area contributed by atoms with E-state index >= 15 is 0 Å². The number of epoxide rings is 1. The van der Waals surface area contributed by atoms with E-state index in [1.54, 1.807) is 52.1 Å². The van der Waals surface area contributed by atoms with E-state index in [9.17, 15) is 19.2 Å². The van der Waals surface area contributed by atoms with Gasteiger partial charge in [-0.1, -0.05) is 36.4 Å². The maximum absolute atomic E-state index is 13.5. The van der Waals surface area contributed by atoms with Crippen molar-refractivity contribution in [1.82, 2.24) is 20.9 Å². The Morgan fingerprint density at radius 2 is 1.58 bits per heavy atom. The summed E-state index contributed by atoms with van der Waals surface area (Å²) in [7, 11) is 0. The lowest BCUT2D eigenvalue weighted by atomic mass is 9.94. The zero-order valence-electron chi connectivity index (χ0n) is 22.4. The molecule has 0 radical (unpaired) electrons. The van der Waals surface area contributed by atoms with Crippen LogP contribution in [0.1, 0.15) is 45.9 Å². The lowest BCUT2D eigenvalue weighted by Crippen LogP contribution is -2.57. The predicted octanol–water partition coefficient (Wildman–Crippen LogP) is 2.11. The lowest BCUT2D eigenvalue weighted by Gasteiger charge is -2.25. The van der Waals surface area contributed by atoms with E-state index in [0.29, 0.717) is 5.69 Å². The molecule has 2 heterocycles. The third-order valence-electron chi connectivity index (χ3n) is 5.91. The number of hydrogen-bond donors (Lipinski definition) is 3. The van der Waals surface area contributed by atoms with Gasteiger partial charge in [0.1, 0.15) is 23.3 Å². The molecule has 1 fully saturated rings. The molecule has 3 N–H and O–H groups in total. The molecule has 10 heteroatoms. The van der Waals surface area contributed by atoms with Crippen molar-refractivity contribution in [2.24, 2.45) is 0 Å². The van der Waals surface area contributed by atoms with Gasteiger partial charge in [0.05, 0.1) is 12.6 Å². The first-order valence-corrected chi connectivity index (χ1v) is 12.6. The van der Waals surface area contributed by atoms with E-state index in [1.807, 2.05) is 30.3 Å². The van der Waals surface area contributed by atoms with Crippen LogP contribution in [0.15, 0.2) is 54.7 Å². The molecule has 3 rings (SSSR count). The van der Waals surface area contributed by atoms with Gasteiger partial charge in [-0.15, -0.1) is 0 Å². The maximum Gasteiger partial charge on any atom is 0.408 e. The number of Topliss-reactive ketones (excluding diaryl/α,β-unsaturated/α-hetero) is 1. The molecule has 1 saturated heterocycles. The molecule has 3 amide bonds. The van der Waals surface area contributed by atoms with Gasteiger partial charge in [-0.2, -0.15) is 0 Å². The lowest BCUT2D eigenvalue weighted by molar-refractivity contribution is -0.133. The number of nitrogens with zero attached hydrogens (tertiary/aromatic N) is 1. The summed E-state index contributed by atoms with van der Waals surface area (Å²) in [5.74, 6) is -1.38. The number of nitrogens with one attached hydrogen (secondary N) is 3. The summed E-state index contributed by atoms with van der Waals surface area (Å²) >= 11 is 0. The monoisotopic (exact) mass is 524 g/mol. The van der Waals surface area contributed by atoms with E-state index in [-0.39, 0.29) is 25.2 Å². The molecule has 1 aliphatic rings. The molecule has 0 saturated carbocycles. The SMILES string of the molecule is C[C@H](NC(=O)OC(C)(C)C)C(=O)N[C@@H](Cc1ccccn1)C(=O)N[C@@H](Cc1ccccc1)C(=O)[C@@]1(C)CO1. The molecule has 0 bridgehead atoms. The van der Waals surface area contributed by atoms with Crippen LogP contribution in [0.4, 0.5) is 4.79 Å². The van der Waals surface area contributed by atoms with Gasteiger partial charge in [0, 0.05) is 18.3 Å². The topological polar surface area (TPSA) is 139 Å². The largest absolute Gasteiger partial charge is 0.444 e. The second-order valence-electron chi connectivity index (χ2n) is 10.6. The van der Waals surface area contributed by atoms with Gasteiger partial charge < -0.3 is 25.4 Å². The Morgan fingerprint density at radius 3 is 2.16 bits per heavy atom. The third kappa shape index (κ3) is 8.65. The van der Waals surface area contributed by atoms with Crippen molar-refractivity contribution in [3.63, 3.8) is 0 Å². The normalized spacial score (nSPS) is 18.9. The van der Waals surface area contributed by atoms with Gasteiger partial charge in [0.15, 0.2) is 5.78 Å². The minimum atomic E-state index is -1.06. The summed E-state index contributed by atoms with van der Waals surface area (Å²) in [6.07, 6.45) is 1.19. The van der Waals surface area contributed by atoms with Crippen molar-refractivity contribution in [3.05, 3.63) is 66.0 Å². The van der Waals surface area contributed by atoms with E-state index < -0.39 is 47.2 Å². The standard InChI is InChI=1S/C28H36N4O6/c1-18(30-26(36)38-27(2,3)4)24(34)32-22(16-20-13-9-10-14-29-20)25(35)31-21(23(33)28(5)17-37-28)15-19-11-7-6-8-12-19/h6-14,18,21-22H,15-17H2,1-5H3,(H,30,36)(H,31,35)(H,32,34)/t18-,21-,22-,28+/m0/s1. The third-order valence-corrected chi connectivity index (χ3v) is 5.91. The van der Waals surface area contributed by atoms with E-state index in [0.717, 1.165) is 5.56 Å². The maximum atomic E-state index is 13.5. The van der Waals surface area contributed by atoms with Crippen molar-refractivity contribution in [1.29, 1.82) is 0 Å². The average molecular weight is 525 g/mol. The van der Waals surface area contributed by atoms with Crippen LogP contribution < -0.4 is 16.0 Å². The average Bonchev–Trinajstić information content (AvgIpc) is 3.61. The van der Waals surface area contributed by atoms with Crippen LogP contribution in [0.5, 0.6) is 0 Å². The molecule has 0 aliphatic carbocycles. The Hall–Kier alpha value is -3.79. The fourth-order valence-corrected chi connectivity index (χ4v) is 3.73. The van der Waals surface area contributed by atoms with Crippen molar-refractivity contribution in [2.45, 2.75) is 76.8 Å². The molecule has 0 unspecified atom stereocenters. The number of amides is 3. The van der Waals surface area contributed by atoms with Crippen LogP contribution in [0.3, 0.4) is 0 Å². The highest BCUT2D eigenvalue weighted by Crippen LogP contribution is 2.29. The van der Waals surface area contributed by atoms with Crippen molar-refractivity contribution < 1.29 is 28.7 Å². The molecule has 0 spiro atoms. The van der Waals surface area contributed by atoms with Gasteiger partial charge in [-0.05, 0) is 58.7 Å². The molecule has 2 aromatic rings. The Balaban J connectivity index is 1.76. The predicted molar refractivity (Wildman–Crippen MR) is 140 cm³/mol. The minimum Gasteiger partial charge on any atom is -0.444 e.